The molecule has 1 aliphatic heterocycles. The largest absolute Gasteiger partial charge is 0.488 e. The summed E-state index contributed by atoms with van der Waals surface area (Å²) in [6.45, 7) is 9.65. The second kappa shape index (κ2) is 4.46. The minimum absolute atomic E-state index is 0.238. The predicted octanol–water partition coefficient (Wildman–Crippen LogP) is 3.13. The van der Waals surface area contributed by atoms with E-state index in [1.165, 1.54) is 16.7 Å². The quantitative estimate of drug-likeness (QED) is 0.843. The summed E-state index contributed by atoms with van der Waals surface area (Å²) in [4.78, 5) is 0. The zero-order valence-electron chi connectivity index (χ0n) is 10.6. The number of nitrogens with one attached hydrogen (secondary N) is 1. The lowest BCUT2D eigenvalue weighted by Crippen LogP contribution is -2.29. The predicted molar refractivity (Wildman–Crippen MR) is 67.0 cm³/mol. The molecule has 0 fully saturated rings. The van der Waals surface area contributed by atoms with Crippen LogP contribution in [0.15, 0.2) is 12.1 Å². The summed E-state index contributed by atoms with van der Waals surface area (Å²) in [5, 5.41) is 3.56. The summed E-state index contributed by atoms with van der Waals surface area (Å²) in [6, 6.07) is 4.75. The Balaban J connectivity index is 2.31. The summed E-state index contributed by atoms with van der Waals surface area (Å²) >= 11 is 0. The molecule has 2 unspecified atom stereocenters. The second-order valence-corrected chi connectivity index (χ2v) is 4.68. The van der Waals surface area contributed by atoms with Crippen molar-refractivity contribution in [1.82, 2.24) is 5.32 Å². The number of benzene rings is 1. The third-order valence-corrected chi connectivity index (χ3v) is 3.43. The summed E-state index contributed by atoms with van der Waals surface area (Å²) in [5.74, 6) is 1.10. The number of rotatable bonds is 3. The van der Waals surface area contributed by atoms with Crippen LogP contribution in [0.2, 0.25) is 0 Å². The Morgan fingerprint density at radius 2 is 2.06 bits per heavy atom. The van der Waals surface area contributed by atoms with Crippen LogP contribution in [-0.4, -0.2) is 12.6 Å². The number of hydrogen-bond donors (Lipinski definition) is 1. The molecule has 2 rings (SSSR count). The first-order valence-electron chi connectivity index (χ1n) is 6.15. The van der Waals surface area contributed by atoms with Gasteiger partial charge in [-0.3, -0.25) is 0 Å². The molecule has 1 N–H and O–H groups in total. The first-order chi connectivity index (χ1) is 7.65. The van der Waals surface area contributed by atoms with Crippen LogP contribution in [0.1, 0.15) is 43.0 Å². The molecule has 1 heterocycles. The SMILES string of the molecule is CCCNC1c2ccc(C)c(C)c2OC1C. The number of hydrogen-bond acceptors (Lipinski definition) is 2. The molecule has 2 heteroatoms. The molecule has 88 valence electrons. The van der Waals surface area contributed by atoms with Crippen molar-refractivity contribution in [2.45, 2.75) is 46.3 Å². The molecule has 0 saturated carbocycles. The molecule has 1 aromatic carbocycles. The van der Waals surface area contributed by atoms with Crippen LogP contribution in [0.5, 0.6) is 5.75 Å². The fraction of sp³-hybridized carbons (Fsp3) is 0.571. The first kappa shape index (κ1) is 11.5. The van der Waals surface area contributed by atoms with Gasteiger partial charge in [0.25, 0.3) is 0 Å². The van der Waals surface area contributed by atoms with Gasteiger partial charge in [-0.2, -0.15) is 0 Å². The molecule has 0 aromatic heterocycles. The van der Waals surface area contributed by atoms with Gasteiger partial charge in [-0.05, 0) is 44.9 Å². The van der Waals surface area contributed by atoms with Crippen LogP contribution in [0.25, 0.3) is 0 Å². The average Bonchev–Trinajstić information content (AvgIpc) is 2.58. The molecular weight excluding hydrogens is 198 g/mol. The zero-order valence-corrected chi connectivity index (χ0v) is 10.6. The van der Waals surface area contributed by atoms with E-state index < -0.39 is 0 Å². The van der Waals surface area contributed by atoms with Crippen LogP contribution in [0.3, 0.4) is 0 Å². The van der Waals surface area contributed by atoms with Crippen molar-refractivity contribution in [2.24, 2.45) is 0 Å². The Bertz CT molecular complexity index is 387. The molecule has 2 atom stereocenters. The van der Waals surface area contributed by atoms with E-state index in [4.69, 9.17) is 4.74 Å². The van der Waals surface area contributed by atoms with Crippen LogP contribution in [0, 0.1) is 13.8 Å². The van der Waals surface area contributed by atoms with Gasteiger partial charge in [0.05, 0.1) is 6.04 Å². The van der Waals surface area contributed by atoms with Crippen molar-refractivity contribution in [1.29, 1.82) is 0 Å². The molecule has 1 aromatic rings. The second-order valence-electron chi connectivity index (χ2n) is 4.68. The van der Waals surface area contributed by atoms with Gasteiger partial charge in [0.2, 0.25) is 0 Å². The van der Waals surface area contributed by atoms with Crippen molar-refractivity contribution in [3.8, 4) is 5.75 Å². The van der Waals surface area contributed by atoms with Crippen LogP contribution in [0.4, 0.5) is 0 Å². The van der Waals surface area contributed by atoms with Gasteiger partial charge in [-0.1, -0.05) is 19.1 Å². The fourth-order valence-electron chi connectivity index (χ4n) is 2.29. The Labute approximate surface area is 98.0 Å². The van der Waals surface area contributed by atoms with Crippen LogP contribution in [-0.2, 0) is 0 Å². The van der Waals surface area contributed by atoms with Gasteiger partial charge in [-0.25, -0.2) is 0 Å². The highest BCUT2D eigenvalue weighted by molar-refractivity contribution is 5.49. The fourth-order valence-corrected chi connectivity index (χ4v) is 2.29. The maximum absolute atomic E-state index is 5.97. The topological polar surface area (TPSA) is 21.3 Å². The molecule has 0 radical (unpaired) electrons. The van der Waals surface area contributed by atoms with E-state index in [9.17, 15) is 0 Å². The lowest BCUT2D eigenvalue weighted by molar-refractivity contribution is 0.209. The van der Waals surface area contributed by atoms with E-state index in [-0.39, 0.29) is 6.10 Å². The third kappa shape index (κ3) is 1.82. The normalized spacial score (nSPS) is 23.0. The molecule has 1 aliphatic rings. The Hall–Kier alpha value is -1.02. The number of aryl methyl sites for hydroxylation is 1. The highest BCUT2D eigenvalue weighted by atomic mass is 16.5. The Morgan fingerprint density at radius 3 is 2.75 bits per heavy atom. The standard InChI is InChI=1S/C14H21NO/c1-5-8-15-13-11(4)16-14-10(3)9(2)6-7-12(13)14/h6-7,11,13,15H,5,8H2,1-4H3. The van der Waals surface area contributed by atoms with Gasteiger partial charge >= 0.3 is 0 Å². The molecule has 0 spiro atoms. The van der Waals surface area contributed by atoms with Crippen molar-refractivity contribution in [3.05, 3.63) is 28.8 Å². The minimum atomic E-state index is 0.238. The van der Waals surface area contributed by atoms with Crippen molar-refractivity contribution >= 4 is 0 Å². The minimum Gasteiger partial charge on any atom is -0.488 e. The zero-order chi connectivity index (χ0) is 11.7. The van der Waals surface area contributed by atoms with E-state index in [2.05, 4.69) is 45.1 Å². The lowest BCUT2D eigenvalue weighted by atomic mass is 9.99. The summed E-state index contributed by atoms with van der Waals surface area (Å²) < 4.78 is 5.97. The van der Waals surface area contributed by atoms with Crippen molar-refractivity contribution < 1.29 is 4.74 Å². The van der Waals surface area contributed by atoms with Gasteiger partial charge < -0.3 is 10.1 Å². The maximum Gasteiger partial charge on any atom is 0.127 e. The summed E-state index contributed by atoms with van der Waals surface area (Å²) in [6.07, 6.45) is 1.39. The van der Waals surface area contributed by atoms with E-state index in [1.54, 1.807) is 0 Å². The van der Waals surface area contributed by atoms with E-state index in [0.29, 0.717) is 6.04 Å². The van der Waals surface area contributed by atoms with Crippen LogP contribution < -0.4 is 10.1 Å². The first-order valence-corrected chi connectivity index (χ1v) is 6.15. The molecule has 16 heavy (non-hydrogen) atoms. The number of ether oxygens (including phenoxy) is 1. The number of fused-ring (bicyclic) bond motifs is 1. The van der Waals surface area contributed by atoms with E-state index in [0.717, 1.165) is 18.7 Å². The Kier molecular flexibility index (Phi) is 3.20. The highest BCUT2D eigenvalue weighted by Gasteiger charge is 2.31. The maximum atomic E-state index is 5.97. The van der Waals surface area contributed by atoms with Gasteiger partial charge in [-0.15, -0.1) is 0 Å². The lowest BCUT2D eigenvalue weighted by Gasteiger charge is -2.15. The van der Waals surface area contributed by atoms with Gasteiger partial charge in [0, 0.05) is 5.56 Å². The molecular formula is C14H21NO. The molecule has 0 saturated heterocycles. The molecule has 0 bridgehead atoms. The smallest absolute Gasteiger partial charge is 0.127 e. The van der Waals surface area contributed by atoms with E-state index in [1.807, 2.05) is 0 Å². The van der Waals surface area contributed by atoms with Crippen molar-refractivity contribution in [2.75, 3.05) is 6.54 Å². The molecule has 0 amide bonds. The summed E-state index contributed by atoms with van der Waals surface area (Å²) in [5.41, 5.74) is 3.91. The average molecular weight is 219 g/mol. The summed E-state index contributed by atoms with van der Waals surface area (Å²) in [7, 11) is 0. The van der Waals surface area contributed by atoms with Gasteiger partial charge in [0.15, 0.2) is 0 Å². The van der Waals surface area contributed by atoms with Crippen molar-refractivity contribution in [3.63, 3.8) is 0 Å². The van der Waals surface area contributed by atoms with E-state index >= 15 is 0 Å². The monoisotopic (exact) mass is 219 g/mol. The Morgan fingerprint density at radius 1 is 1.31 bits per heavy atom. The van der Waals surface area contributed by atoms with Crippen LogP contribution >= 0.6 is 0 Å². The molecule has 2 nitrogen and oxygen atoms in total. The van der Waals surface area contributed by atoms with Gasteiger partial charge in [0.1, 0.15) is 11.9 Å². The third-order valence-electron chi connectivity index (χ3n) is 3.43. The highest BCUT2D eigenvalue weighted by Crippen LogP contribution is 2.39. The molecule has 0 aliphatic carbocycles.